The number of halogens is 1. The zero-order valence-electron chi connectivity index (χ0n) is 10.3. The second kappa shape index (κ2) is 4.24. The van der Waals surface area contributed by atoms with Crippen LogP contribution < -0.4 is 0 Å². The van der Waals surface area contributed by atoms with E-state index in [-0.39, 0.29) is 16.8 Å². The number of methoxy groups -OCH3 is 1. The van der Waals surface area contributed by atoms with Crippen LogP contribution in [0.1, 0.15) is 42.3 Å². The molecule has 0 N–H and O–H groups in total. The maximum atomic E-state index is 13.7. The summed E-state index contributed by atoms with van der Waals surface area (Å²) < 4.78 is 18.3. The lowest BCUT2D eigenvalue weighted by Gasteiger charge is -2.22. The summed E-state index contributed by atoms with van der Waals surface area (Å²) in [6.45, 7) is 7.67. The predicted octanol–water partition coefficient (Wildman–Crippen LogP) is 3.22. The van der Waals surface area contributed by atoms with Gasteiger partial charge in [-0.05, 0) is 35.6 Å². The van der Waals surface area contributed by atoms with Gasteiger partial charge >= 0.3 is 5.97 Å². The molecule has 0 spiro atoms. The van der Waals surface area contributed by atoms with Gasteiger partial charge in [0.15, 0.2) is 0 Å². The first kappa shape index (κ1) is 12.7. The number of carbonyl (C=O) groups excluding carboxylic acids is 1. The van der Waals surface area contributed by atoms with E-state index in [1.54, 1.807) is 13.0 Å². The van der Waals surface area contributed by atoms with Crippen molar-refractivity contribution in [1.29, 1.82) is 0 Å². The van der Waals surface area contributed by atoms with Crippen molar-refractivity contribution in [2.24, 2.45) is 0 Å². The summed E-state index contributed by atoms with van der Waals surface area (Å²) >= 11 is 0. The van der Waals surface area contributed by atoms with Crippen molar-refractivity contribution < 1.29 is 13.9 Å². The van der Waals surface area contributed by atoms with Crippen molar-refractivity contribution in [3.05, 3.63) is 34.6 Å². The van der Waals surface area contributed by atoms with E-state index in [0.29, 0.717) is 5.56 Å². The van der Waals surface area contributed by atoms with E-state index in [2.05, 4.69) is 4.74 Å². The molecule has 0 aliphatic rings. The van der Waals surface area contributed by atoms with E-state index in [1.165, 1.54) is 13.2 Å². The summed E-state index contributed by atoms with van der Waals surface area (Å²) in [4.78, 5) is 11.4. The zero-order valence-corrected chi connectivity index (χ0v) is 10.3. The zero-order chi connectivity index (χ0) is 12.5. The van der Waals surface area contributed by atoms with Gasteiger partial charge in [-0.3, -0.25) is 0 Å². The van der Waals surface area contributed by atoms with E-state index in [0.717, 1.165) is 5.56 Å². The van der Waals surface area contributed by atoms with Crippen molar-refractivity contribution in [2.75, 3.05) is 7.11 Å². The van der Waals surface area contributed by atoms with E-state index in [9.17, 15) is 9.18 Å². The lowest BCUT2D eigenvalue weighted by atomic mass is 9.83. The van der Waals surface area contributed by atoms with Crippen LogP contribution >= 0.6 is 0 Å². The molecule has 0 unspecified atom stereocenters. The molecule has 0 radical (unpaired) electrons. The summed E-state index contributed by atoms with van der Waals surface area (Å²) in [6, 6.07) is 2.92. The van der Waals surface area contributed by atoms with Crippen molar-refractivity contribution >= 4 is 5.97 Å². The van der Waals surface area contributed by atoms with Gasteiger partial charge in [0.2, 0.25) is 0 Å². The van der Waals surface area contributed by atoms with Crippen LogP contribution in [0.2, 0.25) is 0 Å². The van der Waals surface area contributed by atoms with Crippen LogP contribution in [-0.2, 0) is 10.2 Å². The van der Waals surface area contributed by atoms with Gasteiger partial charge in [-0.25, -0.2) is 9.18 Å². The molecule has 16 heavy (non-hydrogen) atoms. The molecule has 0 atom stereocenters. The van der Waals surface area contributed by atoms with Crippen LogP contribution in [-0.4, -0.2) is 13.1 Å². The Bertz CT molecular complexity index is 417. The van der Waals surface area contributed by atoms with E-state index < -0.39 is 5.97 Å². The molecule has 3 heteroatoms. The summed E-state index contributed by atoms with van der Waals surface area (Å²) in [5.74, 6) is -0.878. The lowest BCUT2D eigenvalue weighted by Crippen LogP contribution is -2.16. The van der Waals surface area contributed by atoms with Crippen LogP contribution in [0.5, 0.6) is 0 Å². The third kappa shape index (κ3) is 2.40. The highest BCUT2D eigenvalue weighted by molar-refractivity contribution is 5.89. The molecule has 0 saturated heterocycles. The molecule has 88 valence electrons. The first-order chi connectivity index (χ1) is 7.27. The first-order valence-corrected chi connectivity index (χ1v) is 5.16. The molecule has 0 fully saturated rings. The van der Waals surface area contributed by atoms with Crippen molar-refractivity contribution in [2.45, 2.75) is 33.1 Å². The number of esters is 1. The van der Waals surface area contributed by atoms with Crippen LogP contribution in [0.4, 0.5) is 4.39 Å². The Labute approximate surface area is 95.4 Å². The second-order valence-corrected chi connectivity index (χ2v) is 4.87. The highest BCUT2D eigenvalue weighted by Gasteiger charge is 2.21. The SMILES string of the molecule is COC(=O)c1cc(F)c(C)c(C(C)(C)C)c1. The summed E-state index contributed by atoms with van der Waals surface area (Å²) in [6.07, 6.45) is 0. The van der Waals surface area contributed by atoms with Crippen molar-refractivity contribution in [3.63, 3.8) is 0 Å². The molecule has 0 bridgehead atoms. The number of hydrogen-bond acceptors (Lipinski definition) is 2. The Morgan fingerprint density at radius 2 is 1.88 bits per heavy atom. The fourth-order valence-corrected chi connectivity index (χ4v) is 1.69. The second-order valence-electron chi connectivity index (χ2n) is 4.87. The molecule has 0 amide bonds. The standard InChI is InChI=1S/C13H17FO2/c1-8-10(13(2,3)4)6-9(7-11(8)14)12(15)16-5/h6-7H,1-5H3. The largest absolute Gasteiger partial charge is 0.465 e. The minimum absolute atomic E-state index is 0.199. The van der Waals surface area contributed by atoms with Gasteiger partial charge in [-0.1, -0.05) is 20.8 Å². The summed E-state index contributed by atoms with van der Waals surface area (Å²) in [5.41, 5.74) is 1.47. The average molecular weight is 224 g/mol. The topological polar surface area (TPSA) is 26.3 Å². The Balaban J connectivity index is 3.39. The fourth-order valence-electron chi connectivity index (χ4n) is 1.69. The molecule has 1 aromatic carbocycles. The van der Waals surface area contributed by atoms with Gasteiger partial charge in [0, 0.05) is 0 Å². The van der Waals surface area contributed by atoms with E-state index in [4.69, 9.17) is 0 Å². The van der Waals surface area contributed by atoms with Gasteiger partial charge in [0.05, 0.1) is 12.7 Å². The van der Waals surface area contributed by atoms with Gasteiger partial charge < -0.3 is 4.74 Å². The van der Waals surface area contributed by atoms with Crippen molar-refractivity contribution in [1.82, 2.24) is 0 Å². The molecule has 0 aliphatic carbocycles. The Hall–Kier alpha value is -1.38. The number of hydrogen-bond donors (Lipinski definition) is 0. The number of carbonyl (C=O) groups is 1. The van der Waals surface area contributed by atoms with Crippen molar-refractivity contribution in [3.8, 4) is 0 Å². The third-order valence-electron chi connectivity index (χ3n) is 2.57. The first-order valence-electron chi connectivity index (χ1n) is 5.16. The monoisotopic (exact) mass is 224 g/mol. The minimum Gasteiger partial charge on any atom is -0.465 e. The van der Waals surface area contributed by atoms with Gasteiger partial charge in [0.25, 0.3) is 0 Å². The number of benzene rings is 1. The smallest absolute Gasteiger partial charge is 0.337 e. The van der Waals surface area contributed by atoms with Gasteiger partial charge in [-0.2, -0.15) is 0 Å². The Morgan fingerprint density at radius 3 is 2.31 bits per heavy atom. The van der Waals surface area contributed by atoms with Crippen LogP contribution in [0, 0.1) is 12.7 Å². The molecule has 1 rings (SSSR count). The van der Waals surface area contributed by atoms with E-state index in [1.807, 2.05) is 20.8 Å². The Kier molecular flexibility index (Phi) is 3.36. The molecular formula is C13H17FO2. The molecule has 0 saturated carbocycles. The van der Waals surface area contributed by atoms with Crippen LogP contribution in [0.25, 0.3) is 0 Å². The van der Waals surface area contributed by atoms with Crippen LogP contribution in [0.3, 0.4) is 0 Å². The number of rotatable bonds is 1. The predicted molar refractivity (Wildman–Crippen MR) is 61.2 cm³/mol. The highest BCUT2D eigenvalue weighted by Crippen LogP contribution is 2.28. The quantitative estimate of drug-likeness (QED) is 0.685. The molecule has 2 nitrogen and oxygen atoms in total. The average Bonchev–Trinajstić information content (AvgIpc) is 2.18. The third-order valence-corrected chi connectivity index (χ3v) is 2.57. The fraction of sp³-hybridized carbons (Fsp3) is 0.462. The molecule has 0 heterocycles. The highest BCUT2D eigenvalue weighted by atomic mass is 19.1. The molecule has 1 aromatic rings. The van der Waals surface area contributed by atoms with Crippen LogP contribution in [0.15, 0.2) is 12.1 Å². The normalized spacial score (nSPS) is 11.4. The number of ether oxygens (including phenoxy) is 1. The van der Waals surface area contributed by atoms with E-state index >= 15 is 0 Å². The van der Waals surface area contributed by atoms with Gasteiger partial charge in [-0.15, -0.1) is 0 Å². The lowest BCUT2D eigenvalue weighted by molar-refractivity contribution is 0.0600. The maximum Gasteiger partial charge on any atom is 0.337 e. The minimum atomic E-state index is -0.510. The summed E-state index contributed by atoms with van der Waals surface area (Å²) in [5, 5.41) is 0. The summed E-state index contributed by atoms with van der Waals surface area (Å²) in [7, 11) is 1.29. The van der Waals surface area contributed by atoms with Gasteiger partial charge in [0.1, 0.15) is 5.82 Å². The molecule has 0 aromatic heterocycles. The molecular weight excluding hydrogens is 207 g/mol. The molecule has 0 aliphatic heterocycles. The maximum absolute atomic E-state index is 13.7. The Morgan fingerprint density at radius 1 is 1.31 bits per heavy atom.